The molecule has 3 heterocycles. The zero-order valence-corrected chi connectivity index (χ0v) is 19.0. The highest BCUT2D eigenvalue weighted by atomic mass is 19.1. The average molecular weight is 457 g/mol. The van der Waals surface area contributed by atoms with Crippen LogP contribution in [0.1, 0.15) is 30.9 Å². The first-order chi connectivity index (χ1) is 16.2. The summed E-state index contributed by atoms with van der Waals surface area (Å²) in [7, 11) is 0. The van der Waals surface area contributed by atoms with Crippen LogP contribution in [0.3, 0.4) is 0 Å². The molecule has 2 aliphatic heterocycles. The highest BCUT2D eigenvalue weighted by Gasteiger charge is 2.34. The molecule has 0 bridgehead atoms. The lowest BCUT2D eigenvalue weighted by atomic mass is 10.0. The van der Waals surface area contributed by atoms with Crippen LogP contribution in [0.4, 0.5) is 4.39 Å². The maximum atomic E-state index is 13.0. The number of nitrogens with one attached hydrogen (secondary N) is 1. The summed E-state index contributed by atoms with van der Waals surface area (Å²) in [5.41, 5.74) is 1.15. The molecule has 2 atom stereocenters. The number of hydrogen-bond donors (Lipinski definition) is 1. The molecule has 1 amide bonds. The van der Waals surface area contributed by atoms with Crippen LogP contribution >= 0.6 is 0 Å². The van der Waals surface area contributed by atoms with Gasteiger partial charge in [-0.25, -0.2) is 4.39 Å². The van der Waals surface area contributed by atoms with E-state index in [2.05, 4.69) is 26.2 Å². The molecule has 2 fully saturated rings. The number of pyridine rings is 1. The van der Waals surface area contributed by atoms with Crippen molar-refractivity contribution in [2.75, 3.05) is 52.5 Å². The van der Waals surface area contributed by atoms with Gasteiger partial charge in [0.1, 0.15) is 18.2 Å². The van der Waals surface area contributed by atoms with E-state index in [0.717, 1.165) is 51.3 Å². The third-order valence-corrected chi connectivity index (χ3v) is 6.39. The van der Waals surface area contributed by atoms with Gasteiger partial charge in [0.2, 0.25) is 5.91 Å². The molecule has 0 spiro atoms. The predicted octanol–water partition coefficient (Wildman–Crippen LogP) is 2.64. The fraction of sp³-hybridized carbons (Fsp3) is 0.520. The largest absolute Gasteiger partial charge is 0.492 e. The Kier molecular flexibility index (Phi) is 8.63. The Morgan fingerprint density at radius 3 is 2.76 bits per heavy atom. The van der Waals surface area contributed by atoms with Gasteiger partial charge in [-0.3, -0.25) is 14.7 Å². The normalized spacial score (nSPS) is 20.2. The topological polar surface area (TPSA) is 66.9 Å². The summed E-state index contributed by atoms with van der Waals surface area (Å²) in [4.78, 5) is 21.6. The van der Waals surface area contributed by atoms with Gasteiger partial charge in [0.05, 0.1) is 19.3 Å². The van der Waals surface area contributed by atoms with Gasteiger partial charge in [0.15, 0.2) is 0 Å². The van der Waals surface area contributed by atoms with Crippen LogP contribution < -0.4 is 10.1 Å². The molecule has 4 rings (SSSR count). The number of aromatic nitrogens is 1. The SMILES string of the molecule is O=C1CC[C@H](CCNCCOc2ccc(F)cc2)N1C[C@H](c1cccnc1)N1CCOCC1. The first-order valence-electron chi connectivity index (χ1n) is 11.8. The molecule has 1 aromatic carbocycles. The molecule has 0 saturated carbocycles. The van der Waals surface area contributed by atoms with Crippen molar-refractivity contribution in [1.29, 1.82) is 0 Å². The number of ether oxygens (including phenoxy) is 2. The van der Waals surface area contributed by atoms with Crippen molar-refractivity contribution in [3.63, 3.8) is 0 Å². The Labute approximate surface area is 194 Å². The number of benzene rings is 1. The second-order valence-corrected chi connectivity index (χ2v) is 8.53. The van der Waals surface area contributed by atoms with E-state index in [4.69, 9.17) is 9.47 Å². The molecule has 8 heteroatoms. The molecular weight excluding hydrogens is 423 g/mol. The van der Waals surface area contributed by atoms with Crippen LogP contribution in [0.5, 0.6) is 5.75 Å². The van der Waals surface area contributed by atoms with E-state index in [1.165, 1.54) is 12.1 Å². The fourth-order valence-electron chi connectivity index (χ4n) is 4.59. The molecule has 2 saturated heterocycles. The molecule has 0 unspecified atom stereocenters. The molecule has 2 aromatic rings. The van der Waals surface area contributed by atoms with Gasteiger partial charge in [0.25, 0.3) is 0 Å². The molecule has 178 valence electrons. The zero-order valence-electron chi connectivity index (χ0n) is 19.0. The van der Waals surface area contributed by atoms with E-state index in [1.54, 1.807) is 18.3 Å². The number of carbonyl (C=O) groups excluding carboxylic acids is 1. The molecule has 2 aliphatic rings. The van der Waals surface area contributed by atoms with Crippen LogP contribution in [0, 0.1) is 5.82 Å². The van der Waals surface area contributed by atoms with Crippen molar-refractivity contribution in [1.82, 2.24) is 20.1 Å². The zero-order chi connectivity index (χ0) is 22.9. The van der Waals surface area contributed by atoms with Gasteiger partial charge >= 0.3 is 0 Å². The number of carbonyl (C=O) groups is 1. The Hall–Kier alpha value is -2.55. The van der Waals surface area contributed by atoms with Gasteiger partial charge in [-0.2, -0.15) is 0 Å². The Morgan fingerprint density at radius 2 is 2.00 bits per heavy atom. The number of halogens is 1. The van der Waals surface area contributed by atoms with Crippen molar-refractivity contribution in [2.24, 2.45) is 0 Å². The minimum absolute atomic E-state index is 0.129. The highest BCUT2D eigenvalue weighted by Crippen LogP contribution is 2.28. The Bertz CT molecular complexity index is 862. The highest BCUT2D eigenvalue weighted by molar-refractivity contribution is 5.78. The Morgan fingerprint density at radius 1 is 1.18 bits per heavy atom. The van der Waals surface area contributed by atoms with Crippen LogP contribution in [0.25, 0.3) is 0 Å². The molecule has 33 heavy (non-hydrogen) atoms. The van der Waals surface area contributed by atoms with E-state index < -0.39 is 0 Å². The minimum atomic E-state index is -0.268. The van der Waals surface area contributed by atoms with Crippen molar-refractivity contribution < 1.29 is 18.7 Å². The molecule has 0 aliphatic carbocycles. The number of hydrogen-bond acceptors (Lipinski definition) is 6. The number of amides is 1. The second kappa shape index (κ2) is 12.1. The van der Waals surface area contributed by atoms with Crippen LogP contribution in [0.2, 0.25) is 0 Å². The standard InChI is InChI=1S/C25H33FN4O3/c26-21-3-6-23(7-4-21)33-15-12-27-11-9-22-5-8-25(31)30(22)19-24(20-2-1-10-28-18-20)29-13-16-32-17-14-29/h1-4,6-7,10,18,22,24,27H,5,8-9,11-17,19H2/t22-,24-/m1/s1. The Balaban J connectivity index is 1.27. The lowest BCUT2D eigenvalue weighted by Crippen LogP contribution is -2.46. The van der Waals surface area contributed by atoms with Crippen molar-refractivity contribution >= 4 is 5.91 Å². The first kappa shape index (κ1) is 23.6. The minimum Gasteiger partial charge on any atom is -0.492 e. The maximum absolute atomic E-state index is 13.0. The van der Waals surface area contributed by atoms with Gasteiger partial charge in [-0.15, -0.1) is 0 Å². The average Bonchev–Trinajstić information content (AvgIpc) is 3.20. The number of morpholine rings is 1. The lowest BCUT2D eigenvalue weighted by molar-refractivity contribution is -0.130. The predicted molar refractivity (Wildman–Crippen MR) is 123 cm³/mol. The van der Waals surface area contributed by atoms with Crippen molar-refractivity contribution in [3.8, 4) is 5.75 Å². The quantitative estimate of drug-likeness (QED) is 0.525. The smallest absolute Gasteiger partial charge is 0.222 e. The lowest BCUT2D eigenvalue weighted by Gasteiger charge is -2.38. The number of nitrogens with zero attached hydrogens (tertiary/aromatic N) is 3. The summed E-state index contributed by atoms with van der Waals surface area (Å²) in [6, 6.07) is 10.5. The molecule has 0 radical (unpaired) electrons. The molecule has 1 aromatic heterocycles. The number of likely N-dealkylation sites (tertiary alicyclic amines) is 1. The van der Waals surface area contributed by atoms with Crippen molar-refractivity contribution in [2.45, 2.75) is 31.3 Å². The number of rotatable bonds is 11. The summed E-state index contributed by atoms with van der Waals surface area (Å²) < 4.78 is 24.1. The molecule has 1 N–H and O–H groups in total. The van der Waals surface area contributed by atoms with Crippen molar-refractivity contribution in [3.05, 3.63) is 60.2 Å². The maximum Gasteiger partial charge on any atom is 0.222 e. The monoisotopic (exact) mass is 456 g/mol. The van der Waals surface area contributed by atoms with Gasteiger partial charge < -0.3 is 19.7 Å². The van der Waals surface area contributed by atoms with Crippen LogP contribution in [-0.4, -0.2) is 79.3 Å². The summed E-state index contributed by atoms with van der Waals surface area (Å²) in [5.74, 6) is 0.632. The summed E-state index contributed by atoms with van der Waals surface area (Å²) in [6.07, 6.45) is 6.12. The van der Waals surface area contributed by atoms with E-state index in [1.807, 2.05) is 12.3 Å². The van der Waals surface area contributed by atoms with E-state index >= 15 is 0 Å². The van der Waals surface area contributed by atoms with Gasteiger partial charge in [-0.05, 0) is 55.3 Å². The fourth-order valence-corrected chi connectivity index (χ4v) is 4.59. The van der Waals surface area contributed by atoms with Crippen LogP contribution in [0.15, 0.2) is 48.8 Å². The first-order valence-corrected chi connectivity index (χ1v) is 11.8. The summed E-state index contributed by atoms with van der Waals surface area (Å²) in [5, 5.41) is 3.40. The second-order valence-electron chi connectivity index (χ2n) is 8.53. The summed E-state index contributed by atoms with van der Waals surface area (Å²) in [6.45, 7) is 5.88. The van der Waals surface area contributed by atoms with Crippen LogP contribution in [-0.2, 0) is 9.53 Å². The van der Waals surface area contributed by atoms with Gasteiger partial charge in [-0.1, -0.05) is 6.07 Å². The third-order valence-electron chi connectivity index (χ3n) is 6.39. The van der Waals surface area contributed by atoms with Gasteiger partial charge in [0, 0.05) is 51.0 Å². The van der Waals surface area contributed by atoms with E-state index in [9.17, 15) is 9.18 Å². The van der Waals surface area contributed by atoms with E-state index in [0.29, 0.717) is 31.9 Å². The molecule has 7 nitrogen and oxygen atoms in total. The van der Waals surface area contributed by atoms with E-state index in [-0.39, 0.29) is 23.8 Å². The third kappa shape index (κ3) is 6.72. The summed E-state index contributed by atoms with van der Waals surface area (Å²) >= 11 is 0. The molecular formula is C25H33FN4O3.